The summed E-state index contributed by atoms with van der Waals surface area (Å²) < 4.78 is 8.56. The SMILES string of the molecule is Cc1ccc(N2CC(c3nc4ccccc4n3CCCCOc3cc(C)ccc3C(C)C)CC2=O)cc1. The van der Waals surface area contributed by atoms with Gasteiger partial charge in [-0.05, 0) is 74.1 Å². The molecule has 0 radical (unpaired) electrons. The molecule has 1 atom stereocenters. The number of carbonyl (C=O) groups excluding carboxylic acids is 1. The van der Waals surface area contributed by atoms with E-state index in [-0.39, 0.29) is 11.8 Å². The van der Waals surface area contributed by atoms with Crippen LogP contribution < -0.4 is 9.64 Å². The van der Waals surface area contributed by atoms with E-state index >= 15 is 0 Å². The normalized spacial score (nSPS) is 15.8. The van der Waals surface area contributed by atoms with Crippen LogP contribution in [0.2, 0.25) is 0 Å². The summed E-state index contributed by atoms with van der Waals surface area (Å²) in [5, 5.41) is 0. The van der Waals surface area contributed by atoms with E-state index in [1.165, 1.54) is 16.7 Å². The lowest BCUT2D eigenvalue weighted by Gasteiger charge is -2.18. The molecule has 1 fully saturated rings. The number of anilines is 1. The lowest BCUT2D eigenvalue weighted by molar-refractivity contribution is -0.117. The fourth-order valence-corrected chi connectivity index (χ4v) is 5.29. The van der Waals surface area contributed by atoms with Gasteiger partial charge in [0.25, 0.3) is 0 Å². The van der Waals surface area contributed by atoms with E-state index in [1.807, 2.05) is 23.1 Å². The minimum Gasteiger partial charge on any atom is -0.493 e. The standard InChI is InChI=1S/C32H37N3O2/c1-22(2)27-16-13-24(4)19-30(27)37-18-8-7-17-34-29-10-6-5-9-28(29)33-32(34)25-20-31(36)35(21-25)26-14-11-23(3)12-15-26/h5-6,9-16,19,22,25H,7-8,17-18,20-21H2,1-4H3. The number of rotatable bonds is 9. The molecule has 1 aromatic heterocycles. The van der Waals surface area contributed by atoms with Crippen molar-refractivity contribution in [1.29, 1.82) is 0 Å². The highest BCUT2D eigenvalue weighted by Crippen LogP contribution is 2.34. The Labute approximate surface area is 220 Å². The predicted molar refractivity (Wildman–Crippen MR) is 151 cm³/mol. The van der Waals surface area contributed by atoms with Crippen LogP contribution in [0.25, 0.3) is 11.0 Å². The predicted octanol–water partition coefficient (Wildman–Crippen LogP) is 7.16. The number of aromatic nitrogens is 2. The second kappa shape index (κ2) is 10.8. The van der Waals surface area contributed by atoms with E-state index in [1.54, 1.807) is 0 Å². The van der Waals surface area contributed by atoms with E-state index in [4.69, 9.17) is 9.72 Å². The molecule has 1 unspecified atom stereocenters. The average molecular weight is 496 g/mol. The van der Waals surface area contributed by atoms with Gasteiger partial charge in [0.15, 0.2) is 0 Å². The Hall–Kier alpha value is -3.60. The van der Waals surface area contributed by atoms with Gasteiger partial charge in [0.05, 0.1) is 17.6 Å². The van der Waals surface area contributed by atoms with Crippen LogP contribution in [0.5, 0.6) is 5.75 Å². The molecule has 2 heterocycles. The molecule has 1 aliphatic rings. The number of hydrogen-bond acceptors (Lipinski definition) is 3. The Bertz CT molecular complexity index is 1390. The van der Waals surface area contributed by atoms with Gasteiger partial charge in [0.2, 0.25) is 5.91 Å². The first-order chi connectivity index (χ1) is 17.9. The van der Waals surface area contributed by atoms with Crippen molar-refractivity contribution in [2.45, 2.75) is 65.3 Å². The molecular weight excluding hydrogens is 458 g/mol. The first-order valence-corrected chi connectivity index (χ1v) is 13.5. The van der Waals surface area contributed by atoms with Crippen LogP contribution in [-0.2, 0) is 11.3 Å². The lowest BCUT2D eigenvalue weighted by atomic mass is 10.0. The van der Waals surface area contributed by atoms with Crippen molar-refractivity contribution in [1.82, 2.24) is 9.55 Å². The fraction of sp³-hybridized carbons (Fsp3) is 0.375. The second-order valence-electron chi connectivity index (χ2n) is 10.6. The number of imidazole rings is 1. The quantitative estimate of drug-likeness (QED) is 0.232. The molecule has 37 heavy (non-hydrogen) atoms. The average Bonchev–Trinajstić information content (AvgIpc) is 3.44. The van der Waals surface area contributed by atoms with E-state index in [0.29, 0.717) is 25.5 Å². The van der Waals surface area contributed by atoms with E-state index in [2.05, 4.69) is 80.8 Å². The molecule has 0 saturated carbocycles. The van der Waals surface area contributed by atoms with Crippen molar-refractivity contribution in [3.05, 3.63) is 89.2 Å². The molecular formula is C32H37N3O2. The zero-order valence-corrected chi connectivity index (χ0v) is 22.4. The Kier molecular flexibility index (Phi) is 7.31. The molecule has 4 aromatic rings. The summed E-state index contributed by atoms with van der Waals surface area (Å²) in [6.07, 6.45) is 2.43. The van der Waals surface area contributed by atoms with Gasteiger partial charge in [0, 0.05) is 31.1 Å². The molecule has 5 rings (SSSR count). The van der Waals surface area contributed by atoms with Crippen LogP contribution >= 0.6 is 0 Å². The van der Waals surface area contributed by atoms with Crippen LogP contribution in [-0.4, -0.2) is 28.6 Å². The van der Waals surface area contributed by atoms with Crippen molar-refractivity contribution in [3.63, 3.8) is 0 Å². The van der Waals surface area contributed by atoms with Crippen molar-refractivity contribution in [2.75, 3.05) is 18.1 Å². The summed E-state index contributed by atoms with van der Waals surface area (Å²) in [5.74, 6) is 2.71. The summed E-state index contributed by atoms with van der Waals surface area (Å²) in [4.78, 5) is 19.9. The summed E-state index contributed by atoms with van der Waals surface area (Å²) in [5.41, 5.74) is 6.78. The molecule has 1 amide bonds. The zero-order valence-electron chi connectivity index (χ0n) is 22.4. The first kappa shape index (κ1) is 25.1. The van der Waals surface area contributed by atoms with Crippen LogP contribution in [0.3, 0.4) is 0 Å². The maximum absolute atomic E-state index is 13.0. The molecule has 0 spiro atoms. The minimum atomic E-state index is 0.0818. The number of benzene rings is 3. The first-order valence-electron chi connectivity index (χ1n) is 13.5. The number of fused-ring (bicyclic) bond motifs is 1. The fourth-order valence-electron chi connectivity index (χ4n) is 5.29. The molecule has 5 heteroatoms. The maximum atomic E-state index is 13.0. The topological polar surface area (TPSA) is 47.4 Å². The highest BCUT2D eigenvalue weighted by Gasteiger charge is 2.34. The molecule has 1 saturated heterocycles. The number of para-hydroxylation sites is 2. The lowest BCUT2D eigenvalue weighted by Crippen LogP contribution is -2.24. The monoisotopic (exact) mass is 495 g/mol. The third kappa shape index (κ3) is 5.41. The Morgan fingerprint density at radius 2 is 1.73 bits per heavy atom. The van der Waals surface area contributed by atoms with E-state index in [9.17, 15) is 4.79 Å². The van der Waals surface area contributed by atoms with Gasteiger partial charge in [-0.1, -0.05) is 55.8 Å². The molecule has 5 nitrogen and oxygen atoms in total. The molecule has 0 N–H and O–H groups in total. The number of hydrogen-bond donors (Lipinski definition) is 0. The van der Waals surface area contributed by atoms with Crippen molar-refractivity contribution < 1.29 is 9.53 Å². The van der Waals surface area contributed by atoms with Gasteiger partial charge in [-0.2, -0.15) is 0 Å². The minimum absolute atomic E-state index is 0.0818. The Morgan fingerprint density at radius 1 is 0.973 bits per heavy atom. The summed E-state index contributed by atoms with van der Waals surface area (Å²) in [7, 11) is 0. The number of unbranched alkanes of at least 4 members (excludes halogenated alkanes) is 1. The largest absolute Gasteiger partial charge is 0.493 e. The number of amides is 1. The van der Waals surface area contributed by atoms with Crippen LogP contribution in [0, 0.1) is 13.8 Å². The Morgan fingerprint density at radius 3 is 2.51 bits per heavy atom. The van der Waals surface area contributed by atoms with Crippen LogP contribution in [0.15, 0.2) is 66.7 Å². The third-order valence-electron chi connectivity index (χ3n) is 7.34. The molecule has 1 aliphatic heterocycles. The molecule has 192 valence electrons. The molecule has 0 aliphatic carbocycles. The van der Waals surface area contributed by atoms with Crippen molar-refractivity contribution in [3.8, 4) is 5.75 Å². The van der Waals surface area contributed by atoms with Gasteiger partial charge < -0.3 is 14.2 Å². The van der Waals surface area contributed by atoms with Crippen LogP contribution in [0.4, 0.5) is 5.69 Å². The van der Waals surface area contributed by atoms with Gasteiger partial charge in [0.1, 0.15) is 11.6 Å². The van der Waals surface area contributed by atoms with Gasteiger partial charge in [-0.25, -0.2) is 4.98 Å². The van der Waals surface area contributed by atoms with E-state index < -0.39 is 0 Å². The van der Waals surface area contributed by atoms with Gasteiger partial charge >= 0.3 is 0 Å². The number of nitrogens with zero attached hydrogens (tertiary/aromatic N) is 3. The molecule has 0 bridgehead atoms. The van der Waals surface area contributed by atoms with E-state index in [0.717, 1.165) is 47.7 Å². The zero-order chi connectivity index (χ0) is 25.9. The Balaban J connectivity index is 1.28. The van der Waals surface area contributed by atoms with Crippen LogP contribution in [0.1, 0.15) is 67.5 Å². The van der Waals surface area contributed by atoms with Gasteiger partial charge in [-0.15, -0.1) is 0 Å². The smallest absolute Gasteiger partial charge is 0.227 e. The summed E-state index contributed by atoms with van der Waals surface area (Å²) in [6.45, 7) is 10.8. The highest BCUT2D eigenvalue weighted by molar-refractivity contribution is 5.96. The van der Waals surface area contributed by atoms with Crippen molar-refractivity contribution >= 4 is 22.6 Å². The highest BCUT2D eigenvalue weighted by atomic mass is 16.5. The third-order valence-corrected chi connectivity index (χ3v) is 7.34. The number of ether oxygens (including phenoxy) is 1. The summed E-state index contributed by atoms with van der Waals surface area (Å²) in [6, 6.07) is 23.0. The number of carbonyl (C=O) groups is 1. The summed E-state index contributed by atoms with van der Waals surface area (Å²) >= 11 is 0. The van der Waals surface area contributed by atoms with Crippen molar-refractivity contribution in [2.24, 2.45) is 0 Å². The second-order valence-corrected chi connectivity index (χ2v) is 10.6. The number of aryl methyl sites for hydroxylation is 3. The van der Waals surface area contributed by atoms with Gasteiger partial charge in [-0.3, -0.25) is 4.79 Å². The molecule has 3 aromatic carbocycles. The maximum Gasteiger partial charge on any atom is 0.227 e.